The predicted octanol–water partition coefficient (Wildman–Crippen LogP) is 1.40. The fourth-order valence-corrected chi connectivity index (χ4v) is 1.59. The zero-order valence-electron chi connectivity index (χ0n) is 11.0. The predicted molar refractivity (Wildman–Crippen MR) is 73.5 cm³/mol. The van der Waals surface area contributed by atoms with Gasteiger partial charge in [0.05, 0.1) is 6.61 Å². The van der Waals surface area contributed by atoms with Crippen LogP contribution in [-0.2, 0) is 11.3 Å². The summed E-state index contributed by atoms with van der Waals surface area (Å²) in [5.74, 6) is 0. The molecule has 0 aromatic heterocycles. The van der Waals surface area contributed by atoms with Gasteiger partial charge in [-0.3, -0.25) is 0 Å². The van der Waals surface area contributed by atoms with Gasteiger partial charge < -0.3 is 20.9 Å². The van der Waals surface area contributed by atoms with E-state index in [2.05, 4.69) is 5.32 Å². The van der Waals surface area contributed by atoms with Crippen molar-refractivity contribution in [2.45, 2.75) is 31.9 Å². The van der Waals surface area contributed by atoms with E-state index in [1.165, 1.54) is 0 Å². The SMILES string of the molecule is N[C@H](CO)CCCCNC(=O)OCc1ccccc1. The molecule has 19 heavy (non-hydrogen) atoms. The van der Waals surface area contributed by atoms with Crippen LogP contribution < -0.4 is 11.1 Å². The fraction of sp³-hybridized carbons (Fsp3) is 0.500. The summed E-state index contributed by atoms with van der Waals surface area (Å²) in [4.78, 5) is 11.4. The normalized spacial score (nSPS) is 11.9. The molecule has 106 valence electrons. The lowest BCUT2D eigenvalue weighted by Gasteiger charge is -2.09. The smallest absolute Gasteiger partial charge is 0.407 e. The van der Waals surface area contributed by atoms with Gasteiger partial charge in [0, 0.05) is 12.6 Å². The van der Waals surface area contributed by atoms with Crippen LogP contribution in [0.2, 0.25) is 0 Å². The van der Waals surface area contributed by atoms with Gasteiger partial charge in [0.25, 0.3) is 0 Å². The number of hydrogen-bond donors (Lipinski definition) is 3. The number of carbonyl (C=O) groups is 1. The van der Waals surface area contributed by atoms with Crippen molar-refractivity contribution in [2.24, 2.45) is 5.73 Å². The summed E-state index contributed by atoms with van der Waals surface area (Å²) in [6.07, 6.45) is 2.06. The van der Waals surface area contributed by atoms with Gasteiger partial charge in [0.2, 0.25) is 0 Å². The van der Waals surface area contributed by atoms with Crippen LogP contribution in [0.25, 0.3) is 0 Å². The maximum Gasteiger partial charge on any atom is 0.407 e. The van der Waals surface area contributed by atoms with Gasteiger partial charge >= 0.3 is 6.09 Å². The molecular weight excluding hydrogens is 244 g/mol. The van der Waals surface area contributed by atoms with E-state index in [0.29, 0.717) is 6.54 Å². The number of aliphatic hydroxyl groups is 1. The first kappa shape index (κ1) is 15.5. The summed E-state index contributed by atoms with van der Waals surface area (Å²) < 4.78 is 5.06. The Kier molecular flexibility index (Phi) is 7.62. The highest BCUT2D eigenvalue weighted by Crippen LogP contribution is 2.01. The Bertz CT molecular complexity index is 357. The van der Waals surface area contributed by atoms with Crippen LogP contribution in [0.4, 0.5) is 4.79 Å². The van der Waals surface area contributed by atoms with Crippen LogP contribution in [0.5, 0.6) is 0 Å². The molecule has 0 heterocycles. The van der Waals surface area contributed by atoms with Crippen molar-refractivity contribution in [2.75, 3.05) is 13.2 Å². The highest BCUT2D eigenvalue weighted by atomic mass is 16.5. The molecule has 0 aliphatic heterocycles. The second kappa shape index (κ2) is 9.35. The van der Waals surface area contributed by atoms with Gasteiger partial charge in [0.15, 0.2) is 0 Å². The van der Waals surface area contributed by atoms with Crippen LogP contribution >= 0.6 is 0 Å². The number of aliphatic hydroxyl groups excluding tert-OH is 1. The quantitative estimate of drug-likeness (QED) is 0.621. The molecule has 1 atom stereocenters. The Balaban J connectivity index is 2.02. The molecule has 1 aromatic carbocycles. The van der Waals surface area contributed by atoms with E-state index in [-0.39, 0.29) is 19.3 Å². The largest absolute Gasteiger partial charge is 0.445 e. The summed E-state index contributed by atoms with van der Waals surface area (Å²) in [5.41, 5.74) is 6.53. The molecular formula is C14H22N2O3. The number of benzene rings is 1. The number of nitrogens with one attached hydrogen (secondary N) is 1. The average molecular weight is 266 g/mol. The third kappa shape index (κ3) is 7.43. The van der Waals surface area contributed by atoms with E-state index >= 15 is 0 Å². The van der Waals surface area contributed by atoms with E-state index in [1.54, 1.807) is 0 Å². The molecule has 0 bridgehead atoms. The maximum absolute atomic E-state index is 11.4. The molecule has 1 aromatic rings. The number of amides is 1. The molecule has 1 amide bonds. The summed E-state index contributed by atoms with van der Waals surface area (Å²) in [6, 6.07) is 9.38. The number of alkyl carbamates (subject to hydrolysis) is 1. The van der Waals surface area contributed by atoms with Crippen molar-refractivity contribution in [1.29, 1.82) is 0 Å². The van der Waals surface area contributed by atoms with E-state index in [4.69, 9.17) is 15.6 Å². The van der Waals surface area contributed by atoms with E-state index < -0.39 is 6.09 Å². The van der Waals surface area contributed by atoms with E-state index in [1.807, 2.05) is 30.3 Å². The second-order valence-electron chi connectivity index (χ2n) is 4.43. The van der Waals surface area contributed by atoms with Crippen molar-refractivity contribution >= 4 is 6.09 Å². The number of carbonyl (C=O) groups excluding carboxylic acids is 1. The molecule has 5 heteroatoms. The third-order valence-electron chi connectivity index (χ3n) is 2.72. The van der Waals surface area contributed by atoms with Crippen molar-refractivity contribution in [3.63, 3.8) is 0 Å². The lowest BCUT2D eigenvalue weighted by molar-refractivity contribution is 0.139. The molecule has 0 radical (unpaired) electrons. The Morgan fingerprint density at radius 3 is 2.74 bits per heavy atom. The number of rotatable bonds is 8. The van der Waals surface area contributed by atoms with Crippen molar-refractivity contribution in [3.8, 4) is 0 Å². The number of ether oxygens (including phenoxy) is 1. The third-order valence-corrected chi connectivity index (χ3v) is 2.72. The monoisotopic (exact) mass is 266 g/mol. The molecule has 0 fully saturated rings. The molecule has 0 aliphatic carbocycles. The van der Waals surface area contributed by atoms with E-state index in [0.717, 1.165) is 24.8 Å². The van der Waals surface area contributed by atoms with E-state index in [9.17, 15) is 4.79 Å². The first-order valence-electron chi connectivity index (χ1n) is 6.53. The molecule has 1 rings (SSSR count). The minimum Gasteiger partial charge on any atom is -0.445 e. The fourth-order valence-electron chi connectivity index (χ4n) is 1.59. The van der Waals surface area contributed by atoms with Crippen molar-refractivity contribution < 1.29 is 14.6 Å². The summed E-state index contributed by atoms with van der Waals surface area (Å²) in [6.45, 7) is 0.848. The molecule has 0 aliphatic rings. The standard InChI is InChI=1S/C14H22N2O3/c15-13(10-17)8-4-5-9-16-14(18)19-11-12-6-2-1-3-7-12/h1-3,6-7,13,17H,4-5,8-11,15H2,(H,16,18)/t13-/m0/s1. The Morgan fingerprint density at radius 2 is 2.05 bits per heavy atom. The van der Waals surface area contributed by atoms with Gasteiger partial charge in [-0.2, -0.15) is 0 Å². The van der Waals surface area contributed by atoms with Crippen LogP contribution in [0, 0.1) is 0 Å². The van der Waals surface area contributed by atoms with Crippen LogP contribution in [0.15, 0.2) is 30.3 Å². The number of nitrogens with two attached hydrogens (primary N) is 1. The van der Waals surface area contributed by atoms with Gasteiger partial charge in [-0.15, -0.1) is 0 Å². The summed E-state index contributed by atoms with van der Waals surface area (Å²) in [7, 11) is 0. The van der Waals surface area contributed by atoms with Crippen molar-refractivity contribution in [1.82, 2.24) is 5.32 Å². The minimum absolute atomic E-state index is 0.00649. The van der Waals surface area contributed by atoms with Gasteiger partial charge in [-0.25, -0.2) is 4.79 Å². The molecule has 0 saturated heterocycles. The second-order valence-corrected chi connectivity index (χ2v) is 4.43. The topological polar surface area (TPSA) is 84.6 Å². The van der Waals surface area contributed by atoms with Crippen LogP contribution in [0.1, 0.15) is 24.8 Å². The molecule has 0 unspecified atom stereocenters. The molecule has 5 nitrogen and oxygen atoms in total. The van der Waals surface area contributed by atoms with Gasteiger partial charge in [-0.05, 0) is 18.4 Å². The minimum atomic E-state index is -0.407. The first-order chi connectivity index (χ1) is 9.22. The Morgan fingerprint density at radius 1 is 1.32 bits per heavy atom. The Hall–Kier alpha value is -1.59. The lowest BCUT2D eigenvalue weighted by Crippen LogP contribution is -2.27. The number of hydrogen-bond acceptors (Lipinski definition) is 4. The molecule has 0 spiro atoms. The lowest BCUT2D eigenvalue weighted by atomic mass is 10.1. The van der Waals surface area contributed by atoms with Crippen LogP contribution in [-0.4, -0.2) is 30.4 Å². The summed E-state index contributed by atoms with van der Waals surface area (Å²) in [5, 5.41) is 11.4. The highest BCUT2D eigenvalue weighted by Gasteiger charge is 2.03. The van der Waals surface area contributed by atoms with Gasteiger partial charge in [0.1, 0.15) is 6.61 Å². The molecule has 4 N–H and O–H groups in total. The van der Waals surface area contributed by atoms with Crippen molar-refractivity contribution in [3.05, 3.63) is 35.9 Å². The molecule has 0 saturated carbocycles. The van der Waals surface area contributed by atoms with Gasteiger partial charge in [-0.1, -0.05) is 36.8 Å². The number of unbranched alkanes of at least 4 members (excludes halogenated alkanes) is 1. The zero-order valence-corrected chi connectivity index (χ0v) is 11.0. The van der Waals surface area contributed by atoms with Crippen LogP contribution in [0.3, 0.4) is 0 Å². The first-order valence-corrected chi connectivity index (χ1v) is 6.53. The maximum atomic E-state index is 11.4. The summed E-state index contributed by atoms with van der Waals surface area (Å²) >= 11 is 0. The average Bonchev–Trinajstić information content (AvgIpc) is 2.45. The zero-order chi connectivity index (χ0) is 13.9. The highest BCUT2D eigenvalue weighted by molar-refractivity contribution is 5.67. The Labute approximate surface area is 113 Å².